The van der Waals surface area contributed by atoms with Gasteiger partial charge in [-0.1, -0.05) is 36.4 Å². The zero-order chi connectivity index (χ0) is 18.0. The lowest BCUT2D eigenvalue weighted by Gasteiger charge is -2.35. The normalized spacial score (nSPS) is 17.8. The number of ether oxygens (including phenoxy) is 1. The number of carbonyl (C=O) groups is 1. The van der Waals surface area contributed by atoms with Crippen molar-refractivity contribution < 1.29 is 22.7 Å². The van der Waals surface area contributed by atoms with Crippen molar-refractivity contribution in [1.82, 2.24) is 4.90 Å². The molecule has 1 aliphatic rings. The van der Waals surface area contributed by atoms with Gasteiger partial charge in [0, 0.05) is 13.1 Å². The van der Waals surface area contributed by atoms with E-state index < -0.39 is 18.3 Å². The smallest absolute Gasteiger partial charge is 0.406 e. The molecular formula is C18H17F3N2O2. The van der Waals surface area contributed by atoms with Crippen LogP contribution in [0.1, 0.15) is 16.7 Å². The SMILES string of the molecule is NC(=O)C1Cc2ccccc2CN1Cc1ccc(OC(F)(F)F)cc1. The lowest BCUT2D eigenvalue weighted by atomic mass is 9.93. The first-order valence-electron chi connectivity index (χ1n) is 7.76. The van der Waals surface area contributed by atoms with E-state index in [1.807, 2.05) is 29.2 Å². The van der Waals surface area contributed by atoms with Gasteiger partial charge in [0.05, 0.1) is 6.04 Å². The first-order valence-corrected chi connectivity index (χ1v) is 7.76. The Morgan fingerprint density at radius 3 is 2.36 bits per heavy atom. The van der Waals surface area contributed by atoms with E-state index in [-0.39, 0.29) is 5.75 Å². The lowest BCUT2D eigenvalue weighted by Crippen LogP contribution is -2.48. The Morgan fingerprint density at radius 2 is 1.76 bits per heavy atom. The minimum Gasteiger partial charge on any atom is -0.406 e. The van der Waals surface area contributed by atoms with E-state index in [0.29, 0.717) is 19.5 Å². The van der Waals surface area contributed by atoms with Crippen molar-refractivity contribution in [1.29, 1.82) is 0 Å². The predicted octanol–water partition coefficient (Wildman–Crippen LogP) is 3.00. The van der Waals surface area contributed by atoms with Crippen LogP contribution < -0.4 is 10.5 Å². The Hall–Kier alpha value is -2.54. The van der Waals surface area contributed by atoms with Crippen molar-refractivity contribution in [3.8, 4) is 5.75 Å². The van der Waals surface area contributed by atoms with E-state index in [9.17, 15) is 18.0 Å². The van der Waals surface area contributed by atoms with Crippen molar-refractivity contribution in [3.63, 3.8) is 0 Å². The van der Waals surface area contributed by atoms with Crippen molar-refractivity contribution in [2.45, 2.75) is 31.9 Å². The summed E-state index contributed by atoms with van der Waals surface area (Å²) < 4.78 is 40.5. The average molecular weight is 350 g/mol. The number of carbonyl (C=O) groups excluding carboxylic acids is 1. The van der Waals surface area contributed by atoms with Crippen molar-refractivity contribution in [3.05, 3.63) is 65.2 Å². The first kappa shape index (κ1) is 17.3. The molecule has 1 unspecified atom stereocenters. The van der Waals surface area contributed by atoms with Gasteiger partial charge in [0.2, 0.25) is 5.91 Å². The number of amides is 1. The van der Waals surface area contributed by atoms with Gasteiger partial charge in [0.25, 0.3) is 0 Å². The molecule has 0 saturated carbocycles. The highest BCUT2D eigenvalue weighted by molar-refractivity contribution is 5.80. The maximum Gasteiger partial charge on any atom is 0.573 e. The van der Waals surface area contributed by atoms with E-state index in [2.05, 4.69) is 4.74 Å². The maximum atomic E-state index is 12.2. The number of hydrogen-bond acceptors (Lipinski definition) is 3. The minimum absolute atomic E-state index is 0.272. The van der Waals surface area contributed by atoms with Gasteiger partial charge in [-0.25, -0.2) is 0 Å². The molecule has 0 radical (unpaired) electrons. The fraction of sp³-hybridized carbons (Fsp3) is 0.278. The van der Waals surface area contributed by atoms with Crippen LogP contribution in [0.25, 0.3) is 0 Å². The number of alkyl halides is 3. The highest BCUT2D eigenvalue weighted by atomic mass is 19.4. The van der Waals surface area contributed by atoms with Crippen LogP contribution in [0.4, 0.5) is 13.2 Å². The van der Waals surface area contributed by atoms with Crippen LogP contribution in [0.2, 0.25) is 0 Å². The van der Waals surface area contributed by atoms with Crippen LogP contribution in [0, 0.1) is 0 Å². The average Bonchev–Trinajstić information content (AvgIpc) is 2.54. The molecule has 2 aromatic carbocycles. The van der Waals surface area contributed by atoms with E-state index in [4.69, 9.17) is 5.73 Å². The molecule has 0 fully saturated rings. The number of fused-ring (bicyclic) bond motifs is 1. The molecule has 2 N–H and O–H groups in total. The van der Waals surface area contributed by atoms with E-state index in [1.165, 1.54) is 12.1 Å². The molecule has 7 heteroatoms. The van der Waals surface area contributed by atoms with Gasteiger partial charge < -0.3 is 10.5 Å². The van der Waals surface area contributed by atoms with Gasteiger partial charge in [-0.3, -0.25) is 9.69 Å². The number of benzene rings is 2. The third kappa shape index (κ3) is 4.30. The van der Waals surface area contributed by atoms with Gasteiger partial charge in [-0.2, -0.15) is 0 Å². The molecular weight excluding hydrogens is 333 g/mol. The van der Waals surface area contributed by atoms with E-state index >= 15 is 0 Å². The second-order valence-corrected chi connectivity index (χ2v) is 5.99. The molecule has 1 atom stereocenters. The third-order valence-electron chi connectivity index (χ3n) is 4.22. The highest BCUT2D eigenvalue weighted by Gasteiger charge is 2.31. The summed E-state index contributed by atoms with van der Waals surface area (Å²) in [7, 11) is 0. The molecule has 132 valence electrons. The van der Waals surface area contributed by atoms with Crippen LogP contribution in [0.3, 0.4) is 0 Å². The highest BCUT2D eigenvalue weighted by Crippen LogP contribution is 2.26. The Labute approximate surface area is 143 Å². The molecule has 0 spiro atoms. The van der Waals surface area contributed by atoms with Crippen LogP contribution >= 0.6 is 0 Å². The Morgan fingerprint density at radius 1 is 1.12 bits per heavy atom. The molecule has 1 amide bonds. The van der Waals surface area contributed by atoms with Gasteiger partial charge in [0.15, 0.2) is 0 Å². The Bertz CT molecular complexity index is 760. The molecule has 1 aliphatic heterocycles. The number of hydrogen-bond donors (Lipinski definition) is 1. The second kappa shape index (κ2) is 6.76. The molecule has 0 aromatic heterocycles. The van der Waals surface area contributed by atoms with Crippen LogP contribution in [0.5, 0.6) is 5.75 Å². The number of rotatable bonds is 4. The number of primary amides is 1. The van der Waals surface area contributed by atoms with Gasteiger partial charge in [0.1, 0.15) is 5.75 Å². The molecule has 3 rings (SSSR count). The van der Waals surface area contributed by atoms with Crippen molar-refractivity contribution in [2.24, 2.45) is 5.73 Å². The van der Waals surface area contributed by atoms with E-state index in [0.717, 1.165) is 16.7 Å². The first-order chi connectivity index (χ1) is 11.8. The standard InChI is InChI=1S/C18H17F3N2O2/c19-18(20,21)25-15-7-5-12(6-8-15)10-23-11-14-4-2-1-3-13(14)9-16(23)17(22)24/h1-8,16H,9-11H2,(H2,22,24). The lowest BCUT2D eigenvalue weighted by molar-refractivity contribution is -0.274. The summed E-state index contributed by atoms with van der Waals surface area (Å²) in [5.74, 6) is -0.682. The molecule has 0 bridgehead atoms. The fourth-order valence-corrected chi connectivity index (χ4v) is 3.05. The predicted molar refractivity (Wildman–Crippen MR) is 85.5 cm³/mol. The van der Waals surface area contributed by atoms with Crippen LogP contribution in [-0.4, -0.2) is 23.2 Å². The molecule has 4 nitrogen and oxygen atoms in total. The quantitative estimate of drug-likeness (QED) is 0.922. The zero-order valence-corrected chi connectivity index (χ0v) is 13.3. The number of nitrogens with two attached hydrogens (primary N) is 1. The Balaban J connectivity index is 1.75. The molecule has 25 heavy (non-hydrogen) atoms. The minimum atomic E-state index is -4.71. The summed E-state index contributed by atoms with van der Waals surface area (Å²) >= 11 is 0. The summed E-state index contributed by atoms with van der Waals surface area (Å²) in [5, 5.41) is 0. The second-order valence-electron chi connectivity index (χ2n) is 5.99. The van der Waals surface area contributed by atoms with Crippen LogP contribution in [-0.2, 0) is 24.3 Å². The maximum absolute atomic E-state index is 12.2. The summed E-state index contributed by atoms with van der Waals surface area (Å²) in [4.78, 5) is 13.7. The van der Waals surface area contributed by atoms with Crippen molar-refractivity contribution in [2.75, 3.05) is 0 Å². The number of nitrogens with zero attached hydrogens (tertiary/aromatic N) is 1. The number of halogens is 3. The van der Waals surface area contributed by atoms with Gasteiger partial charge in [-0.15, -0.1) is 13.2 Å². The Kier molecular flexibility index (Phi) is 4.67. The molecule has 1 heterocycles. The molecule has 0 aliphatic carbocycles. The molecule has 2 aromatic rings. The largest absolute Gasteiger partial charge is 0.573 e. The van der Waals surface area contributed by atoms with Gasteiger partial charge in [-0.05, 0) is 35.2 Å². The topological polar surface area (TPSA) is 55.6 Å². The third-order valence-corrected chi connectivity index (χ3v) is 4.22. The van der Waals surface area contributed by atoms with Crippen molar-refractivity contribution >= 4 is 5.91 Å². The van der Waals surface area contributed by atoms with Gasteiger partial charge >= 0.3 is 6.36 Å². The summed E-state index contributed by atoms with van der Waals surface area (Å²) in [6, 6.07) is 13.0. The summed E-state index contributed by atoms with van der Waals surface area (Å²) in [5.41, 5.74) is 8.53. The zero-order valence-electron chi connectivity index (χ0n) is 13.3. The summed E-state index contributed by atoms with van der Waals surface area (Å²) in [6.07, 6.45) is -4.18. The molecule has 0 saturated heterocycles. The van der Waals surface area contributed by atoms with E-state index in [1.54, 1.807) is 12.1 Å². The van der Waals surface area contributed by atoms with Crippen LogP contribution in [0.15, 0.2) is 48.5 Å². The monoisotopic (exact) mass is 350 g/mol. The fourth-order valence-electron chi connectivity index (χ4n) is 3.05. The summed E-state index contributed by atoms with van der Waals surface area (Å²) in [6.45, 7) is 0.971.